The van der Waals surface area contributed by atoms with Gasteiger partial charge < -0.3 is 11.1 Å². The normalized spacial score (nSPS) is 10.2. The van der Waals surface area contributed by atoms with Crippen LogP contribution in [0.5, 0.6) is 0 Å². The van der Waals surface area contributed by atoms with Crippen molar-refractivity contribution in [3.63, 3.8) is 0 Å². The zero-order chi connectivity index (χ0) is 10.7. The van der Waals surface area contributed by atoms with Crippen LogP contribution in [0.15, 0.2) is 17.9 Å². The number of hydrogen-bond donors (Lipinski definition) is 2. The van der Waals surface area contributed by atoms with Crippen molar-refractivity contribution in [1.82, 2.24) is 15.0 Å². The Morgan fingerprint density at radius 2 is 2.33 bits per heavy atom. The van der Waals surface area contributed by atoms with E-state index in [9.17, 15) is 0 Å². The highest BCUT2D eigenvalue weighted by Gasteiger charge is 2.03. The van der Waals surface area contributed by atoms with E-state index in [2.05, 4.69) is 20.3 Å². The standard InChI is InChI=1S/C8H8ClN5S/c9-8-13-3-6(10)7(14-8)12-2-5-1-11-4-15-5/h1,3-4H,2,10H2,(H,12,13,14). The maximum Gasteiger partial charge on any atom is 0.224 e. The largest absolute Gasteiger partial charge is 0.394 e. The van der Waals surface area contributed by atoms with Gasteiger partial charge in [0.25, 0.3) is 0 Å². The minimum Gasteiger partial charge on any atom is -0.394 e. The average molecular weight is 242 g/mol. The van der Waals surface area contributed by atoms with Gasteiger partial charge in [0.15, 0.2) is 5.82 Å². The number of nitrogens with one attached hydrogen (secondary N) is 1. The smallest absolute Gasteiger partial charge is 0.224 e. The zero-order valence-corrected chi connectivity index (χ0v) is 9.22. The number of anilines is 2. The van der Waals surface area contributed by atoms with Crippen LogP contribution in [0.3, 0.4) is 0 Å². The highest BCUT2D eigenvalue weighted by molar-refractivity contribution is 7.09. The predicted molar refractivity (Wildman–Crippen MR) is 60.9 cm³/mol. The fraction of sp³-hybridized carbons (Fsp3) is 0.125. The second-order valence-corrected chi connectivity index (χ2v) is 4.07. The Morgan fingerprint density at radius 1 is 1.47 bits per heavy atom. The molecule has 0 aliphatic rings. The molecule has 0 unspecified atom stereocenters. The topological polar surface area (TPSA) is 76.7 Å². The molecule has 0 saturated heterocycles. The van der Waals surface area contributed by atoms with Gasteiger partial charge in [0, 0.05) is 11.1 Å². The van der Waals surface area contributed by atoms with E-state index < -0.39 is 0 Å². The van der Waals surface area contributed by atoms with E-state index >= 15 is 0 Å². The average Bonchev–Trinajstić information content (AvgIpc) is 2.72. The van der Waals surface area contributed by atoms with Crippen LogP contribution >= 0.6 is 22.9 Å². The molecule has 2 rings (SSSR count). The summed E-state index contributed by atoms with van der Waals surface area (Å²) in [5, 5.41) is 3.24. The second kappa shape index (κ2) is 4.41. The summed E-state index contributed by atoms with van der Waals surface area (Å²) in [6.07, 6.45) is 3.26. The number of rotatable bonds is 3. The molecule has 78 valence electrons. The molecular formula is C8H8ClN5S. The summed E-state index contributed by atoms with van der Waals surface area (Å²) in [6.45, 7) is 0.627. The van der Waals surface area contributed by atoms with Crippen LogP contribution in [0.4, 0.5) is 11.5 Å². The van der Waals surface area contributed by atoms with Crippen molar-refractivity contribution >= 4 is 34.4 Å². The molecule has 0 bridgehead atoms. The summed E-state index contributed by atoms with van der Waals surface area (Å²) in [6, 6.07) is 0. The summed E-state index contributed by atoms with van der Waals surface area (Å²) in [4.78, 5) is 12.8. The van der Waals surface area contributed by atoms with E-state index in [0.717, 1.165) is 4.88 Å². The van der Waals surface area contributed by atoms with Gasteiger partial charge in [-0.25, -0.2) is 4.98 Å². The third-order valence-corrected chi connectivity index (χ3v) is 2.66. The van der Waals surface area contributed by atoms with Gasteiger partial charge in [-0.3, -0.25) is 4.98 Å². The summed E-state index contributed by atoms with van der Waals surface area (Å²) in [7, 11) is 0. The minimum absolute atomic E-state index is 0.177. The van der Waals surface area contributed by atoms with Crippen molar-refractivity contribution in [2.45, 2.75) is 6.54 Å². The molecule has 0 aliphatic heterocycles. The molecule has 0 atom stereocenters. The molecule has 15 heavy (non-hydrogen) atoms. The summed E-state index contributed by atoms with van der Waals surface area (Å²) in [5.41, 5.74) is 7.92. The van der Waals surface area contributed by atoms with Crippen molar-refractivity contribution in [3.8, 4) is 0 Å². The number of hydrogen-bond acceptors (Lipinski definition) is 6. The van der Waals surface area contributed by atoms with Gasteiger partial charge in [0.05, 0.1) is 23.9 Å². The molecule has 2 aromatic heterocycles. The highest BCUT2D eigenvalue weighted by Crippen LogP contribution is 2.17. The summed E-state index contributed by atoms with van der Waals surface area (Å²) >= 11 is 7.21. The van der Waals surface area contributed by atoms with Crippen LogP contribution in [0.25, 0.3) is 0 Å². The van der Waals surface area contributed by atoms with Crippen molar-refractivity contribution in [1.29, 1.82) is 0 Å². The molecule has 0 fully saturated rings. The summed E-state index contributed by atoms with van der Waals surface area (Å²) < 4.78 is 0. The molecule has 5 nitrogen and oxygen atoms in total. The molecular weight excluding hydrogens is 234 g/mol. The molecule has 0 amide bonds. The number of nitrogen functional groups attached to an aromatic ring is 1. The molecule has 7 heteroatoms. The van der Waals surface area contributed by atoms with E-state index in [0.29, 0.717) is 18.1 Å². The van der Waals surface area contributed by atoms with Gasteiger partial charge in [-0.1, -0.05) is 0 Å². The third-order valence-electron chi connectivity index (χ3n) is 1.70. The number of aromatic nitrogens is 3. The minimum atomic E-state index is 0.177. The van der Waals surface area contributed by atoms with E-state index in [1.807, 2.05) is 0 Å². The molecule has 0 radical (unpaired) electrons. The van der Waals surface area contributed by atoms with Crippen LogP contribution in [0, 0.1) is 0 Å². The molecule has 2 heterocycles. The Labute approximate surface area is 95.3 Å². The molecule has 0 aliphatic carbocycles. The molecule has 2 aromatic rings. The third kappa shape index (κ3) is 2.54. The van der Waals surface area contributed by atoms with Gasteiger partial charge in [0.1, 0.15) is 0 Å². The Kier molecular flexibility index (Phi) is 2.98. The number of thiazole rings is 1. The first-order valence-electron chi connectivity index (χ1n) is 4.15. The predicted octanol–water partition coefficient (Wildman–Crippen LogP) is 1.78. The van der Waals surface area contributed by atoms with Gasteiger partial charge in [-0.15, -0.1) is 11.3 Å². The van der Waals surface area contributed by atoms with Crippen LogP contribution in [0.1, 0.15) is 4.88 Å². The zero-order valence-electron chi connectivity index (χ0n) is 7.64. The Balaban J connectivity index is 2.07. The SMILES string of the molecule is Nc1cnc(Cl)nc1NCc1cncs1. The van der Waals surface area contributed by atoms with Gasteiger partial charge in [-0.05, 0) is 11.6 Å². The molecule has 0 spiro atoms. The maximum atomic E-state index is 5.67. The number of halogens is 1. The van der Waals surface area contributed by atoms with Crippen LogP contribution in [-0.2, 0) is 6.54 Å². The Hall–Kier alpha value is -1.40. The Morgan fingerprint density at radius 3 is 3.07 bits per heavy atom. The first-order valence-corrected chi connectivity index (χ1v) is 5.40. The van der Waals surface area contributed by atoms with Crippen LogP contribution in [-0.4, -0.2) is 15.0 Å². The molecule has 0 saturated carbocycles. The quantitative estimate of drug-likeness (QED) is 0.801. The van der Waals surface area contributed by atoms with Gasteiger partial charge in [-0.2, -0.15) is 4.98 Å². The second-order valence-electron chi connectivity index (χ2n) is 2.76. The number of nitrogens with zero attached hydrogens (tertiary/aromatic N) is 3. The van der Waals surface area contributed by atoms with Crippen LogP contribution < -0.4 is 11.1 Å². The van der Waals surface area contributed by atoms with E-state index in [1.165, 1.54) is 6.20 Å². The van der Waals surface area contributed by atoms with E-state index in [4.69, 9.17) is 17.3 Å². The lowest BCUT2D eigenvalue weighted by Gasteiger charge is -2.05. The molecule has 3 N–H and O–H groups in total. The lowest BCUT2D eigenvalue weighted by atomic mass is 10.4. The molecule has 0 aromatic carbocycles. The first kappa shape index (κ1) is 10.1. The van der Waals surface area contributed by atoms with Crippen molar-refractivity contribution in [3.05, 3.63) is 28.1 Å². The monoisotopic (exact) mass is 241 g/mol. The van der Waals surface area contributed by atoms with Crippen molar-refractivity contribution < 1.29 is 0 Å². The number of nitrogens with two attached hydrogens (primary N) is 1. The van der Waals surface area contributed by atoms with Crippen molar-refractivity contribution in [2.75, 3.05) is 11.1 Å². The summed E-state index contributed by atoms with van der Waals surface area (Å²) in [5.74, 6) is 0.545. The maximum absolute atomic E-state index is 5.67. The van der Waals surface area contributed by atoms with E-state index in [-0.39, 0.29) is 5.28 Å². The fourth-order valence-electron chi connectivity index (χ4n) is 1.01. The van der Waals surface area contributed by atoms with Crippen LogP contribution in [0.2, 0.25) is 5.28 Å². The first-order chi connectivity index (χ1) is 7.25. The highest BCUT2D eigenvalue weighted by atomic mass is 35.5. The fourth-order valence-corrected chi connectivity index (χ4v) is 1.68. The van der Waals surface area contributed by atoms with Gasteiger partial charge >= 0.3 is 0 Å². The lowest BCUT2D eigenvalue weighted by Crippen LogP contribution is -2.04. The Bertz CT molecular complexity index is 444. The lowest BCUT2D eigenvalue weighted by molar-refractivity contribution is 1.10. The van der Waals surface area contributed by atoms with Gasteiger partial charge in [0.2, 0.25) is 5.28 Å². The van der Waals surface area contributed by atoms with E-state index in [1.54, 1.807) is 23.0 Å². The van der Waals surface area contributed by atoms with Crippen molar-refractivity contribution in [2.24, 2.45) is 0 Å².